The molecule has 1 unspecified atom stereocenters. The Morgan fingerprint density at radius 2 is 2.07 bits per heavy atom. The summed E-state index contributed by atoms with van der Waals surface area (Å²) in [4.78, 5) is 11.2. The van der Waals surface area contributed by atoms with E-state index in [0.29, 0.717) is 19.4 Å². The lowest BCUT2D eigenvalue weighted by Gasteiger charge is -2.27. The van der Waals surface area contributed by atoms with Gasteiger partial charge < -0.3 is 15.6 Å². The standard InChI is InChI=1S/C11H23NO3/c1-3-6-11(9-12,10(13)14)7-4-5-8-15-2/h3-9,12H2,1-2H3,(H,13,14). The van der Waals surface area contributed by atoms with Crippen LogP contribution >= 0.6 is 0 Å². The Morgan fingerprint density at radius 3 is 2.47 bits per heavy atom. The van der Waals surface area contributed by atoms with Crippen LogP contribution in [0.2, 0.25) is 0 Å². The molecule has 0 aromatic carbocycles. The second kappa shape index (κ2) is 7.65. The van der Waals surface area contributed by atoms with Crippen molar-refractivity contribution in [2.45, 2.75) is 39.0 Å². The first-order valence-electron chi connectivity index (χ1n) is 5.55. The first kappa shape index (κ1) is 14.4. The van der Waals surface area contributed by atoms with Gasteiger partial charge in [0.05, 0.1) is 5.41 Å². The molecule has 3 N–H and O–H groups in total. The molecule has 4 nitrogen and oxygen atoms in total. The summed E-state index contributed by atoms with van der Waals surface area (Å²) in [5.74, 6) is -0.760. The quantitative estimate of drug-likeness (QED) is 0.576. The van der Waals surface area contributed by atoms with Gasteiger partial charge in [-0.2, -0.15) is 0 Å². The lowest BCUT2D eigenvalue weighted by Crippen LogP contribution is -2.38. The largest absolute Gasteiger partial charge is 0.481 e. The van der Waals surface area contributed by atoms with Gasteiger partial charge in [-0.05, 0) is 25.7 Å². The minimum atomic E-state index is -0.760. The molecular weight excluding hydrogens is 194 g/mol. The molecule has 0 spiro atoms. The van der Waals surface area contributed by atoms with Crippen LogP contribution in [0.15, 0.2) is 0 Å². The Labute approximate surface area is 91.8 Å². The number of ether oxygens (including phenoxy) is 1. The van der Waals surface area contributed by atoms with Crippen LogP contribution < -0.4 is 5.73 Å². The van der Waals surface area contributed by atoms with E-state index in [2.05, 4.69) is 0 Å². The number of hydrogen-bond acceptors (Lipinski definition) is 3. The predicted molar refractivity (Wildman–Crippen MR) is 59.8 cm³/mol. The molecule has 0 aliphatic heterocycles. The number of rotatable bonds is 9. The number of carboxylic acids is 1. The van der Waals surface area contributed by atoms with E-state index < -0.39 is 11.4 Å². The van der Waals surface area contributed by atoms with Crippen molar-refractivity contribution in [1.82, 2.24) is 0 Å². The zero-order valence-electron chi connectivity index (χ0n) is 9.79. The van der Waals surface area contributed by atoms with Gasteiger partial charge in [-0.25, -0.2) is 0 Å². The van der Waals surface area contributed by atoms with Crippen molar-refractivity contribution in [2.24, 2.45) is 11.1 Å². The summed E-state index contributed by atoms with van der Waals surface area (Å²) in [7, 11) is 1.65. The SMILES string of the molecule is CCCC(CN)(CCCCOC)C(=O)O. The fraction of sp³-hybridized carbons (Fsp3) is 0.909. The molecule has 0 aromatic heterocycles. The number of aliphatic carboxylic acids is 1. The number of carbonyl (C=O) groups is 1. The number of nitrogens with two attached hydrogens (primary N) is 1. The highest BCUT2D eigenvalue weighted by molar-refractivity contribution is 5.74. The van der Waals surface area contributed by atoms with Crippen LogP contribution in [0, 0.1) is 5.41 Å². The van der Waals surface area contributed by atoms with Crippen molar-refractivity contribution < 1.29 is 14.6 Å². The van der Waals surface area contributed by atoms with Gasteiger partial charge in [0.25, 0.3) is 0 Å². The van der Waals surface area contributed by atoms with E-state index in [-0.39, 0.29) is 6.54 Å². The Kier molecular flexibility index (Phi) is 7.34. The summed E-state index contributed by atoms with van der Waals surface area (Å²) in [5, 5.41) is 9.20. The molecule has 0 radical (unpaired) electrons. The van der Waals surface area contributed by atoms with Crippen molar-refractivity contribution in [3.05, 3.63) is 0 Å². The third kappa shape index (κ3) is 4.62. The second-order valence-electron chi connectivity index (χ2n) is 3.99. The average Bonchev–Trinajstić information content (AvgIpc) is 2.22. The minimum Gasteiger partial charge on any atom is -0.481 e. The molecule has 0 aromatic rings. The van der Waals surface area contributed by atoms with Crippen molar-refractivity contribution in [3.8, 4) is 0 Å². The van der Waals surface area contributed by atoms with Crippen LogP contribution in [0.3, 0.4) is 0 Å². The lowest BCUT2D eigenvalue weighted by molar-refractivity contribution is -0.149. The first-order chi connectivity index (χ1) is 7.13. The Bertz CT molecular complexity index is 185. The number of carboxylic acid groups (broad SMARTS) is 1. The van der Waals surface area contributed by atoms with E-state index >= 15 is 0 Å². The van der Waals surface area contributed by atoms with Gasteiger partial charge in [-0.1, -0.05) is 13.3 Å². The molecule has 0 saturated heterocycles. The highest BCUT2D eigenvalue weighted by Crippen LogP contribution is 2.29. The summed E-state index contributed by atoms with van der Waals surface area (Å²) in [6.07, 6.45) is 3.92. The lowest BCUT2D eigenvalue weighted by atomic mass is 9.79. The molecule has 0 heterocycles. The van der Waals surface area contributed by atoms with Crippen molar-refractivity contribution in [1.29, 1.82) is 0 Å². The summed E-state index contributed by atoms with van der Waals surface area (Å²) >= 11 is 0. The van der Waals surface area contributed by atoms with Gasteiger partial charge in [0.15, 0.2) is 0 Å². The molecule has 15 heavy (non-hydrogen) atoms. The number of unbranched alkanes of at least 4 members (excludes halogenated alkanes) is 1. The monoisotopic (exact) mass is 217 g/mol. The summed E-state index contributed by atoms with van der Waals surface area (Å²) in [6.45, 7) is 2.90. The molecule has 0 aliphatic carbocycles. The maximum atomic E-state index is 11.2. The van der Waals surface area contributed by atoms with E-state index in [1.54, 1.807) is 7.11 Å². The average molecular weight is 217 g/mol. The van der Waals surface area contributed by atoms with Crippen LogP contribution in [-0.2, 0) is 9.53 Å². The highest BCUT2D eigenvalue weighted by atomic mass is 16.5. The zero-order chi connectivity index (χ0) is 11.7. The first-order valence-corrected chi connectivity index (χ1v) is 5.55. The topological polar surface area (TPSA) is 72.5 Å². The molecular formula is C11H23NO3. The molecule has 0 bridgehead atoms. The smallest absolute Gasteiger partial charge is 0.310 e. The van der Waals surface area contributed by atoms with Gasteiger partial charge in [0, 0.05) is 20.3 Å². The number of methoxy groups -OCH3 is 1. The van der Waals surface area contributed by atoms with Crippen molar-refractivity contribution in [3.63, 3.8) is 0 Å². The fourth-order valence-corrected chi connectivity index (χ4v) is 1.82. The Morgan fingerprint density at radius 1 is 1.40 bits per heavy atom. The summed E-state index contributed by atoms with van der Waals surface area (Å²) in [5.41, 5.74) is 4.88. The molecule has 0 aliphatic rings. The van der Waals surface area contributed by atoms with E-state index in [4.69, 9.17) is 10.5 Å². The third-order valence-electron chi connectivity index (χ3n) is 2.83. The van der Waals surface area contributed by atoms with E-state index in [9.17, 15) is 9.90 Å². The summed E-state index contributed by atoms with van der Waals surface area (Å²) < 4.78 is 4.93. The van der Waals surface area contributed by atoms with Crippen LogP contribution in [0.25, 0.3) is 0 Å². The molecule has 0 rings (SSSR count). The van der Waals surface area contributed by atoms with Crippen molar-refractivity contribution in [2.75, 3.05) is 20.3 Å². The molecule has 1 atom stereocenters. The van der Waals surface area contributed by atoms with E-state index in [1.807, 2.05) is 6.92 Å². The molecule has 0 amide bonds. The van der Waals surface area contributed by atoms with Crippen LogP contribution in [0.4, 0.5) is 0 Å². The minimum absolute atomic E-state index is 0.225. The maximum Gasteiger partial charge on any atom is 0.310 e. The van der Waals surface area contributed by atoms with Gasteiger partial charge in [0.2, 0.25) is 0 Å². The predicted octanol–water partition coefficient (Wildman–Crippen LogP) is 1.63. The normalized spacial score (nSPS) is 14.9. The van der Waals surface area contributed by atoms with Gasteiger partial charge in [-0.15, -0.1) is 0 Å². The van der Waals surface area contributed by atoms with Crippen LogP contribution in [0.1, 0.15) is 39.0 Å². The van der Waals surface area contributed by atoms with Crippen molar-refractivity contribution >= 4 is 5.97 Å². The van der Waals surface area contributed by atoms with Crippen LogP contribution in [0.5, 0.6) is 0 Å². The third-order valence-corrected chi connectivity index (χ3v) is 2.83. The van der Waals surface area contributed by atoms with Gasteiger partial charge >= 0.3 is 5.97 Å². The molecule has 0 saturated carbocycles. The van der Waals surface area contributed by atoms with Gasteiger partial charge in [0.1, 0.15) is 0 Å². The second-order valence-corrected chi connectivity index (χ2v) is 3.99. The Hall–Kier alpha value is -0.610. The number of hydrogen-bond donors (Lipinski definition) is 2. The van der Waals surface area contributed by atoms with Crippen LogP contribution in [-0.4, -0.2) is 31.3 Å². The molecule has 4 heteroatoms. The van der Waals surface area contributed by atoms with E-state index in [0.717, 1.165) is 19.3 Å². The maximum absolute atomic E-state index is 11.2. The highest BCUT2D eigenvalue weighted by Gasteiger charge is 2.35. The Balaban J connectivity index is 4.16. The molecule has 0 fully saturated rings. The van der Waals surface area contributed by atoms with Gasteiger partial charge in [-0.3, -0.25) is 4.79 Å². The fourth-order valence-electron chi connectivity index (χ4n) is 1.82. The zero-order valence-corrected chi connectivity index (χ0v) is 9.79. The van der Waals surface area contributed by atoms with E-state index in [1.165, 1.54) is 0 Å². The summed E-state index contributed by atoms with van der Waals surface area (Å²) in [6, 6.07) is 0. The molecule has 90 valence electrons.